The van der Waals surface area contributed by atoms with Crippen LogP contribution in [0.25, 0.3) is 11.3 Å². The number of aryl methyl sites for hydroxylation is 2. The number of amides is 1. The van der Waals surface area contributed by atoms with Crippen molar-refractivity contribution < 1.29 is 13.9 Å². The third kappa shape index (κ3) is 4.67. The molecule has 1 N–H and O–H groups in total. The number of thiazole rings is 1. The van der Waals surface area contributed by atoms with Crippen molar-refractivity contribution in [1.29, 1.82) is 0 Å². The number of ether oxygens (including phenoxy) is 1. The second-order valence-electron chi connectivity index (χ2n) is 5.96. The topological polar surface area (TPSA) is 51.2 Å². The number of benzene rings is 2. The van der Waals surface area contributed by atoms with Gasteiger partial charge in [-0.25, -0.2) is 9.37 Å². The third-order valence-corrected chi connectivity index (χ3v) is 4.58. The second kappa shape index (κ2) is 8.10. The summed E-state index contributed by atoms with van der Waals surface area (Å²) in [4.78, 5) is 16.4. The quantitative estimate of drug-likeness (QED) is 0.666. The van der Waals surface area contributed by atoms with Gasteiger partial charge in [-0.05, 0) is 55.3 Å². The molecule has 3 rings (SSSR count). The number of nitrogens with zero attached hydrogens (tertiary/aromatic N) is 1. The van der Waals surface area contributed by atoms with Crippen LogP contribution in [-0.2, 0) is 4.79 Å². The van der Waals surface area contributed by atoms with Crippen LogP contribution in [-0.4, -0.2) is 17.5 Å². The molecule has 0 bridgehead atoms. The molecule has 1 amide bonds. The van der Waals surface area contributed by atoms with Crippen molar-refractivity contribution in [3.05, 3.63) is 64.8 Å². The van der Waals surface area contributed by atoms with E-state index in [-0.39, 0.29) is 18.1 Å². The molecule has 0 aliphatic carbocycles. The first-order valence-corrected chi connectivity index (χ1v) is 9.10. The summed E-state index contributed by atoms with van der Waals surface area (Å²) in [5.41, 5.74) is 3.67. The number of hydrogen-bond donors (Lipinski definition) is 1. The van der Waals surface area contributed by atoms with Crippen molar-refractivity contribution in [2.75, 3.05) is 11.9 Å². The Bertz CT molecular complexity index is 906. The summed E-state index contributed by atoms with van der Waals surface area (Å²) < 4.78 is 18.7. The lowest BCUT2D eigenvalue weighted by molar-refractivity contribution is -0.116. The van der Waals surface area contributed by atoms with E-state index in [0.29, 0.717) is 17.4 Å². The van der Waals surface area contributed by atoms with Gasteiger partial charge in [-0.15, -0.1) is 11.3 Å². The van der Waals surface area contributed by atoms with Gasteiger partial charge in [0.1, 0.15) is 11.6 Å². The molecule has 0 saturated heterocycles. The number of halogens is 1. The fraction of sp³-hybridized carbons (Fsp3) is 0.200. The first-order chi connectivity index (χ1) is 12.5. The summed E-state index contributed by atoms with van der Waals surface area (Å²) >= 11 is 1.33. The molecule has 0 aliphatic rings. The van der Waals surface area contributed by atoms with E-state index in [1.165, 1.54) is 23.5 Å². The third-order valence-electron chi connectivity index (χ3n) is 3.82. The number of carbonyl (C=O) groups is 1. The maximum absolute atomic E-state index is 13.0. The van der Waals surface area contributed by atoms with Gasteiger partial charge >= 0.3 is 0 Å². The molecule has 6 heteroatoms. The molecule has 3 aromatic rings. The monoisotopic (exact) mass is 370 g/mol. The van der Waals surface area contributed by atoms with Gasteiger partial charge in [-0.3, -0.25) is 4.79 Å². The molecule has 0 fully saturated rings. The van der Waals surface area contributed by atoms with E-state index in [4.69, 9.17) is 4.74 Å². The minimum absolute atomic E-state index is 0.157. The number of aromatic nitrogens is 1. The van der Waals surface area contributed by atoms with Gasteiger partial charge in [0.05, 0.1) is 18.7 Å². The SMILES string of the molecule is Cc1ccc(C)c(OCCC(=O)Nc2nc(-c3ccc(F)cc3)cs2)c1. The molecule has 0 atom stereocenters. The molecule has 134 valence electrons. The van der Waals surface area contributed by atoms with E-state index in [9.17, 15) is 9.18 Å². The van der Waals surface area contributed by atoms with Gasteiger partial charge in [0.25, 0.3) is 0 Å². The molecule has 1 heterocycles. The number of nitrogens with one attached hydrogen (secondary N) is 1. The maximum atomic E-state index is 13.0. The van der Waals surface area contributed by atoms with E-state index >= 15 is 0 Å². The van der Waals surface area contributed by atoms with Gasteiger partial charge in [-0.2, -0.15) is 0 Å². The summed E-state index contributed by atoms with van der Waals surface area (Å²) in [5.74, 6) is 0.349. The highest BCUT2D eigenvalue weighted by molar-refractivity contribution is 7.14. The average molecular weight is 370 g/mol. The standard InChI is InChI=1S/C20H19FN2O2S/c1-13-3-4-14(2)18(11-13)25-10-9-19(24)23-20-22-17(12-26-20)15-5-7-16(21)8-6-15/h3-8,11-12H,9-10H2,1-2H3,(H,22,23,24). The molecule has 0 radical (unpaired) electrons. The second-order valence-corrected chi connectivity index (χ2v) is 6.82. The highest BCUT2D eigenvalue weighted by Gasteiger charge is 2.09. The molecule has 0 spiro atoms. The Morgan fingerprint density at radius 1 is 1.19 bits per heavy atom. The fourth-order valence-electron chi connectivity index (χ4n) is 2.38. The van der Waals surface area contributed by atoms with Gasteiger partial charge in [0.15, 0.2) is 5.13 Å². The van der Waals surface area contributed by atoms with Crippen LogP contribution in [0.15, 0.2) is 47.8 Å². The van der Waals surface area contributed by atoms with Crippen molar-refractivity contribution in [1.82, 2.24) is 4.98 Å². The molecule has 0 unspecified atom stereocenters. The molecule has 1 aromatic heterocycles. The van der Waals surface area contributed by atoms with Crippen molar-refractivity contribution in [2.45, 2.75) is 20.3 Å². The number of rotatable bonds is 6. The molecule has 0 saturated carbocycles. The molecular formula is C20H19FN2O2S. The van der Waals surface area contributed by atoms with Crippen molar-refractivity contribution in [3.8, 4) is 17.0 Å². The zero-order valence-electron chi connectivity index (χ0n) is 14.6. The Balaban J connectivity index is 1.52. The lowest BCUT2D eigenvalue weighted by Crippen LogP contribution is -2.15. The van der Waals surface area contributed by atoms with Crippen LogP contribution in [0.4, 0.5) is 9.52 Å². The average Bonchev–Trinajstić information content (AvgIpc) is 3.07. The Morgan fingerprint density at radius 3 is 2.73 bits per heavy atom. The molecule has 2 aromatic carbocycles. The van der Waals surface area contributed by atoms with Gasteiger partial charge in [0, 0.05) is 10.9 Å². The van der Waals surface area contributed by atoms with Crippen LogP contribution in [0.5, 0.6) is 5.75 Å². The van der Waals surface area contributed by atoms with Crippen molar-refractivity contribution in [3.63, 3.8) is 0 Å². The Morgan fingerprint density at radius 2 is 1.96 bits per heavy atom. The zero-order valence-corrected chi connectivity index (χ0v) is 15.4. The van der Waals surface area contributed by atoms with Crippen molar-refractivity contribution >= 4 is 22.4 Å². The Hall–Kier alpha value is -2.73. The zero-order chi connectivity index (χ0) is 18.5. The summed E-state index contributed by atoms with van der Waals surface area (Å²) in [7, 11) is 0. The smallest absolute Gasteiger partial charge is 0.229 e. The van der Waals surface area contributed by atoms with Crippen LogP contribution in [0.3, 0.4) is 0 Å². The predicted molar refractivity (Wildman–Crippen MR) is 102 cm³/mol. The van der Waals surface area contributed by atoms with Crippen molar-refractivity contribution in [2.24, 2.45) is 0 Å². The summed E-state index contributed by atoms with van der Waals surface area (Å²) in [6.45, 7) is 4.27. The molecule has 26 heavy (non-hydrogen) atoms. The van der Waals surface area contributed by atoms with Crippen LogP contribution in [0.1, 0.15) is 17.5 Å². The number of hydrogen-bond acceptors (Lipinski definition) is 4. The minimum Gasteiger partial charge on any atom is -0.493 e. The highest BCUT2D eigenvalue weighted by Crippen LogP contribution is 2.25. The minimum atomic E-state index is -0.290. The molecular weight excluding hydrogens is 351 g/mol. The van der Waals surface area contributed by atoms with Crippen LogP contribution >= 0.6 is 11.3 Å². The predicted octanol–water partition coefficient (Wildman–Crippen LogP) is 4.97. The summed E-state index contributed by atoms with van der Waals surface area (Å²) in [6.07, 6.45) is 0.235. The lowest BCUT2D eigenvalue weighted by atomic mass is 10.1. The van der Waals surface area contributed by atoms with Crippen LogP contribution < -0.4 is 10.1 Å². The van der Waals surface area contributed by atoms with E-state index in [0.717, 1.165) is 22.4 Å². The first kappa shape index (κ1) is 18.1. The molecule has 0 aliphatic heterocycles. The highest BCUT2D eigenvalue weighted by atomic mass is 32.1. The number of anilines is 1. The first-order valence-electron chi connectivity index (χ1n) is 8.22. The fourth-order valence-corrected chi connectivity index (χ4v) is 3.12. The van der Waals surface area contributed by atoms with Crippen LogP contribution in [0.2, 0.25) is 0 Å². The largest absolute Gasteiger partial charge is 0.493 e. The van der Waals surface area contributed by atoms with E-state index in [2.05, 4.69) is 10.3 Å². The Kier molecular flexibility index (Phi) is 5.63. The summed E-state index contributed by atoms with van der Waals surface area (Å²) in [5, 5.41) is 5.11. The summed E-state index contributed by atoms with van der Waals surface area (Å²) in [6, 6.07) is 12.1. The van der Waals surface area contributed by atoms with Gasteiger partial charge < -0.3 is 10.1 Å². The van der Waals surface area contributed by atoms with E-state index in [1.54, 1.807) is 12.1 Å². The van der Waals surface area contributed by atoms with E-state index in [1.807, 2.05) is 37.4 Å². The molecule has 4 nitrogen and oxygen atoms in total. The van der Waals surface area contributed by atoms with Gasteiger partial charge in [-0.1, -0.05) is 12.1 Å². The van der Waals surface area contributed by atoms with Gasteiger partial charge in [0.2, 0.25) is 5.91 Å². The lowest BCUT2D eigenvalue weighted by Gasteiger charge is -2.09. The van der Waals surface area contributed by atoms with Crippen LogP contribution in [0, 0.1) is 19.7 Å². The maximum Gasteiger partial charge on any atom is 0.229 e. The normalized spacial score (nSPS) is 10.6. The van der Waals surface area contributed by atoms with E-state index < -0.39 is 0 Å². The number of carbonyl (C=O) groups excluding carboxylic acids is 1. The Labute approximate surface area is 155 Å².